The number of carbonyl (C=O) groups is 1. The minimum atomic E-state index is -4.63. The quantitative estimate of drug-likeness (QED) is 0.452. The zero-order chi connectivity index (χ0) is 25.2. The van der Waals surface area contributed by atoms with E-state index in [1.807, 2.05) is 48.5 Å². The largest absolute Gasteiger partial charge is 0.496 e. The first kappa shape index (κ1) is 24.6. The number of hydrogen-bond donors (Lipinski definition) is 3. The topological polar surface area (TPSA) is 88.0 Å². The fourth-order valence-corrected chi connectivity index (χ4v) is 4.30. The van der Waals surface area contributed by atoms with Gasteiger partial charge in [-0.2, -0.15) is 13.2 Å². The first-order valence-corrected chi connectivity index (χ1v) is 10.9. The number of alkyl carbamates (subject to hydrolysis) is 1. The van der Waals surface area contributed by atoms with Gasteiger partial charge >= 0.3 is 12.3 Å². The zero-order valence-electron chi connectivity index (χ0n) is 18.8. The molecule has 0 saturated heterocycles. The summed E-state index contributed by atoms with van der Waals surface area (Å²) >= 11 is 0. The van der Waals surface area contributed by atoms with Crippen molar-refractivity contribution in [3.8, 4) is 16.9 Å². The Morgan fingerprint density at radius 2 is 1.60 bits per heavy atom. The van der Waals surface area contributed by atoms with E-state index in [1.54, 1.807) is 0 Å². The molecule has 0 aromatic heterocycles. The molecule has 3 aromatic rings. The average molecular weight is 487 g/mol. The Morgan fingerprint density at radius 1 is 1.00 bits per heavy atom. The number of fused-ring (bicyclic) bond motifs is 3. The van der Waals surface area contributed by atoms with Crippen molar-refractivity contribution in [2.75, 3.05) is 20.3 Å². The molecule has 35 heavy (non-hydrogen) atoms. The first-order valence-electron chi connectivity index (χ1n) is 10.9. The van der Waals surface area contributed by atoms with E-state index in [2.05, 4.69) is 5.32 Å². The minimum Gasteiger partial charge on any atom is -0.496 e. The number of amides is 1. The number of rotatable bonds is 7. The normalized spacial score (nSPS) is 14.6. The summed E-state index contributed by atoms with van der Waals surface area (Å²) in [5.41, 5.74) is 2.98. The molecule has 0 fully saturated rings. The average Bonchev–Trinajstić information content (AvgIpc) is 3.18. The van der Waals surface area contributed by atoms with Crippen LogP contribution in [0.25, 0.3) is 11.1 Å². The molecule has 0 spiro atoms. The standard InChI is InChI=1S/C26H24F3NO5/c1-34-23-11-10-15(26(27,28)29)12-20(23)24(32)22(31)13-30-25(33)35-14-21-18-8-4-2-6-16(18)17-7-3-5-9-19(17)21/h2-12,21-22,24,31-32H,13-14H2,1H3,(H,30,33). The molecule has 1 aliphatic rings. The minimum absolute atomic E-state index is 0.0225. The molecule has 4 rings (SSSR count). The van der Waals surface area contributed by atoms with Gasteiger partial charge in [0.1, 0.15) is 24.6 Å². The Hall–Kier alpha value is -3.56. The third kappa shape index (κ3) is 5.11. The molecule has 0 bridgehead atoms. The summed E-state index contributed by atoms with van der Waals surface area (Å²) in [7, 11) is 1.24. The lowest BCUT2D eigenvalue weighted by Crippen LogP contribution is -2.36. The van der Waals surface area contributed by atoms with Crippen LogP contribution in [-0.2, 0) is 10.9 Å². The molecule has 2 atom stereocenters. The molecule has 184 valence electrons. The molecular formula is C26H24F3NO5. The lowest BCUT2D eigenvalue weighted by atomic mass is 9.98. The SMILES string of the molecule is COc1ccc(C(F)(F)F)cc1C(O)C(O)CNC(=O)OCC1c2ccccc2-c2ccccc21. The van der Waals surface area contributed by atoms with Gasteiger partial charge in [-0.05, 0) is 40.5 Å². The highest BCUT2D eigenvalue weighted by Crippen LogP contribution is 2.44. The number of methoxy groups -OCH3 is 1. The van der Waals surface area contributed by atoms with Crippen LogP contribution in [0.3, 0.4) is 0 Å². The molecule has 1 aliphatic carbocycles. The van der Waals surface area contributed by atoms with E-state index in [4.69, 9.17) is 9.47 Å². The van der Waals surface area contributed by atoms with Gasteiger partial charge in [0.15, 0.2) is 0 Å². The molecule has 2 unspecified atom stereocenters. The van der Waals surface area contributed by atoms with E-state index in [0.717, 1.165) is 34.4 Å². The van der Waals surface area contributed by atoms with Crippen molar-refractivity contribution in [1.29, 1.82) is 0 Å². The second kappa shape index (κ2) is 9.97. The Bertz CT molecular complexity index is 1170. The van der Waals surface area contributed by atoms with Crippen molar-refractivity contribution in [3.63, 3.8) is 0 Å². The van der Waals surface area contributed by atoms with Crippen LogP contribution in [0, 0.1) is 0 Å². The number of hydrogen-bond acceptors (Lipinski definition) is 5. The van der Waals surface area contributed by atoms with E-state index >= 15 is 0 Å². The summed E-state index contributed by atoms with van der Waals surface area (Å²) < 4.78 is 49.6. The highest BCUT2D eigenvalue weighted by atomic mass is 19.4. The number of benzene rings is 3. The molecule has 3 N–H and O–H groups in total. The monoisotopic (exact) mass is 487 g/mol. The molecule has 9 heteroatoms. The molecule has 3 aromatic carbocycles. The Morgan fingerprint density at radius 3 is 2.17 bits per heavy atom. The van der Waals surface area contributed by atoms with E-state index in [-0.39, 0.29) is 23.8 Å². The maximum atomic E-state index is 13.1. The molecule has 0 heterocycles. The van der Waals surface area contributed by atoms with Crippen LogP contribution < -0.4 is 10.1 Å². The lowest BCUT2D eigenvalue weighted by molar-refractivity contribution is -0.137. The fourth-order valence-electron chi connectivity index (χ4n) is 4.30. The first-order chi connectivity index (χ1) is 16.7. The predicted octanol–water partition coefficient (Wildman–Crippen LogP) is 4.65. The van der Waals surface area contributed by atoms with Crippen molar-refractivity contribution in [3.05, 3.63) is 89.0 Å². The van der Waals surface area contributed by atoms with Crippen LogP contribution in [0.15, 0.2) is 66.7 Å². The smallest absolute Gasteiger partial charge is 0.416 e. The molecular weight excluding hydrogens is 463 g/mol. The Labute approximate surface area is 199 Å². The highest BCUT2D eigenvalue weighted by molar-refractivity contribution is 5.79. The van der Waals surface area contributed by atoms with Gasteiger partial charge in [-0.25, -0.2) is 4.79 Å². The Kier molecular flexibility index (Phi) is 7.00. The second-order valence-corrected chi connectivity index (χ2v) is 8.17. The van der Waals surface area contributed by atoms with Gasteiger partial charge in [-0.15, -0.1) is 0 Å². The van der Waals surface area contributed by atoms with Crippen LogP contribution in [0.4, 0.5) is 18.0 Å². The van der Waals surface area contributed by atoms with Crippen molar-refractivity contribution in [2.24, 2.45) is 0 Å². The molecule has 0 radical (unpaired) electrons. The van der Waals surface area contributed by atoms with Crippen LogP contribution >= 0.6 is 0 Å². The van der Waals surface area contributed by atoms with Gasteiger partial charge in [0.05, 0.1) is 12.7 Å². The van der Waals surface area contributed by atoms with E-state index < -0.39 is 36.6 Å². The highest BCUT2D eigenvalue weighted by Gasteiger charge is 2.33. The third-order valence-electron chi connectivity index (χ3n) is 6.04. The van der Waals surface area contributed by atoms with Crippen LogP contribution in [0.2, 0.25) is 0 Å². The van der Waals surface area contributed by atoms with Crippen LogP contribution in [0.1, 0.15) is 34.3 Å². The number of carbonyl (C=O) groups excluding carboxylic acids is 1. The van der Waals surface area contributed by atoms with Gasteiger partial charge < -0.3 is 25.0 Å². The number of nitrogens with one attached hydrogen (secondary N) is 1. The van der Waals surface area contributed by atoms with Crippen molar-refractivity contribution < 1.29 is 37.7 Å². The van der Waals surface area contributed by atoms with Gasteiger partial charge in [0, 0.05) is 18.0 Å². The molecule has 0 aliphatic heterocycles. The third-order valence-corrected chi connectivity index (χ3v) is 6.04. The molecule has 1 amide bonds. The Balaban J connectivity index is 1.37. The number of alkyl halides is 3. The van der Waals surface area contributed by atoms with Crippen molar-refractivity contribution in [2.45, 2.75) is 24.3 Å². The fraction of sp³-hybridized carbons (Fsp3) is 0.269. The summed E-state index contributed by atoms with van der Waals surface area (Å²) in [5.74, 6) is -0.177. The predicted molar refractivity (Wildman–Crippen MR) is 122 cm³/mol. The summed E-state index contributed by atoms with van der Waals surface area (Å²) in [6.45, 7) is -0.392. The number of halogens is 3. The van der Waals surface area contributed by atoms with Gasteiger partial charge in [0.25, 0.3) is 0 Å². The maximum absolute atomic E-state index is 13.1. The van der Waals surface area contributed by atoms with Crippen molar-refractivity contribution in [1.82, 2.24) is 5.32 Å². The van der Waals surface area contributed by atoms with Gasteiger partial charge in [-0.3, -0.25) is 0 Å². The van der Waals surface area contributed by atoms with E-state index in [0.29, 0.717) is 6.07 Å². The maximum Gasteiger partial charge on any atom is 0.416 e. The van der Waals surface area contributed by atoms with Crippen LogP contribution in [-0.4, -0.2) is 42.7 Å². The number of aliphatic hydroxyl groups is 2. The molecule has 0 saturated carbocycles. The zero-order valence-corrected chi connectivity index (χ0v) is 18.8. The van der Waals surface area contributed by atoms with Crippen molar-refractivity contribution >= 4 is 6.09 Å². The van der Waals surface area contributed by atoms with E-state index in [1.165, 1.54) is 7.11 Å². The van der Waals surface area contributed by atoms with E-state index in [9.17, 15) is 28.2 Å². The number of aliphatic hydroxyl groups excluding tert-OH is 2. The summed E-state index contributed by atoms with van der Waals surface area (Å²) in [6.07, 6.45) is -8.80. The lowest BCUT2D eigenvalue weighted by Gasteiger charge is -2.22. The van der Waals surface area contributed by atoms with Crippen LogP contribution in [0.5, 0.6) is 5.75 Å². The second-order valence-electron chi connectivity index (χ2n) is 8.17. The number of ether oxygens (including phenoxy) is 2. The summed E-state index contributed by atoms with van der Waals surface area (Å²) in [4.78, 5) is 12.3. The summed E-state index contributed by atoms with van der Waals surface area (Å²) in [6, 6.07) is 18.3. The van der Waals surface area contributed by atoms with Gasteiger partial charge in [0.2, 0.25) is 0 Å². The van der Waals surface area contributed by atoms with Gasteiger partial charge in [-0.1, -0.05) is 48.5 Å². The molecule has 6 nitrogen and oxygen atoms in total. The summed E-state index contributed by atoms with van der Waals surface area (Å²) in [5, 5.41) is 23.1.